The molecular formula is C16H22O3. The van der Waals surface area contributed by atoms with Crippen molar-refractivity contribution in [2.24, 2.45) is 5.92 Å². The highest BCUT2D eigenvalue weighted by atomic mass is 16.5. The van der Waals surface area contributed by atoms with Crippen molar-refractivity contribution in [3.8, 4) is 5.75 Å². The second-order valence-corrected chi connectivity index (χ2v) is 5.01. The summed E-state index contributed by atoms with van der Waals surface area (Å²) >= 11 is 0. The summed E-state index contributed by atoms with van der Waals surface area (Å²) in [5.41, 5.74) is 1.72. The van der Waals surface area contributed by atoms with Crippen molar-refractivity contribution in [2.45, 2.75) is 40.0 Å². The highest BCUT2D eigenvalue weighted by Gasteiger charge is 2.13. The molecule has 0 heterocycles. The molecule has 0 saturated carbocycles. The third kappa shape index (κ3) is 4.86. The third-order valence-electron chi connectivity index (χ3n) is 2.97. The van der Waals surface area contributed by atoms with Crippen LogP contribution in [0.15, 0.2) is 18.2 Å². The van der Waals surface area contributed by atoms with E-state index in [1.165, 1.54) is 0 Å². The molecule has 0 aliphatic rings. The number of carbonyl (C=O) groups excluding carboxylic acids is 2. The summed E-state index contributed by atoms with van der Waals surface area (Å²) in [4.78, 5) is 22.1. The van der Waals surface area contributed by atoms with E-state index in [0.29, 0.717) is 13.0 Å². The minimum atomic E-state index is 0.00816. The van der Waals surface area contributed by atoms with Crippen LogP contribution in [0.2, 0.25) is 0 Å². The molecule has 0 aromatic heterocycles. The summed E-state index contributed by atoms with van der Waals surface area (Å²) in [7, 11) is 0. The summed E-state index contributed by atoms with van der Waals surface area (Å²) in [6, 6.07) is 5.57. The van der Waals surface area contributed by atoms with E-state index >= 15 is 0 Å². The van der Waals surface area contributed by atoms with Gasteiger partial charge in [-0.1, -0.05) is 13.8 Å². The molecule has 0 amide bonds. The van der Waals surface area contributed by atoms with E-state index in [1.807, 2.05) is 39.0 Å². The number of Topliss-reactive ketones (excluding diaryl/α,β-unsaturated/α-hetero) is 1. The summed E-state index contributed by atoms with van der Waals surface area (Å²) in [5.74, 6) is 0.952. The zero-order valence-corrected chi connectivity index (χ0v) is 11.9. The van der Waals surface area contributed by atoms with Crippen LogP contribution >= 0.6 is 0 Å². The predicted octanol–water partition coefficient (Wildman–Crippen LogP) is 3.58. The highest BCUT2D eigenvalue weighted by Crippen LogP contribution is 2.20. The van der Waals surface area contributed by atoms with E-state index in [2.05, 4.69) is 0 Å². The van der Waals surface area contributed by atoms with Gasteiger partial charge in [-0.2, -0.15) is 0 Å². The van der Waals surface area contributed by atoms with Gasteiger partial charge in [-0.05, 0) is 43.5 Å². The van der Waals surface area contributed by atoms with E-state index < -0.39 is 0 Å². The molecule has 0 atom stereocenters. The van der Waals surface area contributed by atoms with Gasteiger partial charge in [0, 0.05) is 17.9 Å². The fourth-order valence-corrected chi connectivity index (χ4v) is 1.83. The number of benzene rings is 1. The summed E-state index contributed by atoms with van der Waals surface area (Å²) < 4.78 is 5.60. The molecule has 0 N–H and O–H groups in total. The fraction of sp³-hybridized carbons (Fsp3) is 0.500. The van der Waals surface area contributed by atoms with Crippen LogP contribution in [0, 0.1) is 12.8 Å². The van der Waals surface area contributed by atoms with Crippen LogP contribution in [0.5, 0.6) is 5.75 Å². The minimum absolute atomic E-state index is 0.00816. The summed E-state index contributed by atoms with van der Waals surface area (Å²) in [6.07, 6.45) is 3.23. The van der Waals surface area contributed by atoms with Crippen molar-refractivity contribution < 1.29 is 14.3 Å². The first-order chi connectivity index (χ1) is 9.06. The van der Waals surface area contributed by atoms with Crippen LogP contribution in [0.1, 0.15) is 49.0 Å². The fourth-order valence-electron chi connectivity index (χ4n) is 1.83. The lowest BCUT2D eigenvalue weighted by Gasteiger charge is -2.11. The Hall–Kier alpha value is -1.64. The number of aryl methyl sites for hydroxylation is 1. The Labute approximate surface area is 115 Å². The Morgan fingerprint density at radius 1 is 1.32 bits per heavy atom. The summed E-state index contributed by atoms with van der Waals surface area (Å²) in [6.45, 7) is 6.33. The SMILES string of the molecule is Cc1cc(OCCCCC=O)ccc1C(=O)C(C)C. The standard InChI is InChI=1S/C16H22O3/c1-12(2)16(18)15-8-7-14(11-13(15)3)19-10-6-4-5-9-17/h7-9,11-12H,4-6,10H2,1-3H3. The van der Waals surface area contributed by atoms with Crippen molar-refractivity contribution in [1.82, 2.24) is 0 Å². The molecule has 3 nitrogen and oxygen atoms in total. The second kappa shape index (κ2) is 7.72. The van der Waals surface area contributed by atoms with Crippen LogP contribution in [-0.4, -0.2) is 18.7 Å². The first-order valence-corrected chi connectivity index (χ1v) is 6.77. The molecule has 19 heavy (non-hydrogen) atoms. The number of hydrogen-bond acceptors (Lipinski definition) is 3. The molecule has 104 valence electrons. The maximum absolute atomic E-state index is 11.9. The van der Waals surface area contributed by atoms with Crippen LogP contribution in [0.25, 0.3) is 0 Å². The molecule has 0 fully saturated rings. The van der Waals surface area contributed by atoms with Gasteiger partial charge in [-0.25, -0.2) is 0 Å². The first kappa shape index (κ1) is 15.4. The molecule has 0 aliphatic heterocycles. The van der Waals surface area contributed by atoms with Crippen LogP contribution in [0.4, 0.5) is 0 Å². The van der Waals surface area contributed by atoms with Gasteiger partial charge in [0.25, 0.3) is 0 Å². The van der Waals surface area contributed by atoms with E-state index in [-0.39, 0.29) is 11.7 Å². The van der Waals surface area contributed by atoms with Crippen molar-refractivity contribution in [1.29, 1.82) is 0 Å². The van der Waals surface area contributed by atoms with Gasteiger partial charge in [0.15, 0.2) is 5.78 Å². The van der Waals surface area contributed by atoms with Gasteiger partial charge >= 0.3 is 0 Å². The smallest absolute Gasteiger partial charge is 0.165 e. The van der Waals surface area contributed by atoms with Gasteiger partial charge in [0.1, 0.15) is 12.0 Å². The largest absolute Gasteiger partial charge is 0.494 e. The molecule has 1 rings (SSSR count). The van der Waals surface area contributed by atoms with Gasteiger partial charge in [-0.3, -0.25) is 4.79 Å². The Kier molecular flexibility index (Phi) is 6.26. The molecule has 0 spiro atoms. The molecule has 0 bridgehead atoms. The number of aldehydes is 1. The van der Waals surface area contributed by atoms with E-state index in [9.17, 15) is 9.59 Å². The average molecular weight is 262 g/mol. The van der Waals surface area contributed by atoms with Gasteiger partial charge in [-0.15, -0.1) is 0 Å². The number of carbonyl (C=O) groups is 2. The number of rotatable bonds is 8. The predicted molar refractivity (Wildman–Crippen MR) is 75.8 cm³/mol. The van der Waals surface area contributed by atoms with Crippen molar-refractivity contribution in [2.75, 3.05) is 6.61 Å². The lowest BCUT2D eigenvalue weighted by atomic mass is 9.97. The van der Waals surface area contributed by atoms with Gasteiger partial charge in [0.05, 0.1) is 6.61 Å². The molecular weight excluding hydrogens is 240 g/mol. The van der Waals surface area contributed by atoms with Crippen molar-refractivity contribution >= 4 is 12.1 Å². The van der Waals surface area contributed by atoms with Crippen molar-refractivity contribution in [3.05, 3.63) is 29.3 Å². The van der Waals surface area contributed by atoms with E-state index in [0.717, 1.165) is 36.0 Å². The average Bonchev–Trinajstić information content (AvgIpc) is 2.38. The topological polar surface area (TPSA) is 43.4 Å². The number of ketones is 1. The quantitative estimate of drug-likeness (QED) is 0.408. The molecule has 0 saturated heterocycles. The van der Waals surface area contributed by atoms with Gasteiger partial charge < -0.3 is 9.53 Å². The molecule has 0 radical (unpaired) electrons. The monoisotopic (exact) mass is 262 g/mol. The molecule has 0 aliphatic carbocycles. The highest BCUT2D eigenvalue weighted by molar-refractivity contribution is 5.98. The maximum Gasteiger partial charge on any atom is 0.165 e. The first-order valence-electron chi connectivity index (χ1n) is 6.77. The molecule has 3 heteroatoms. The molecule has 0 unspecified atom stereocenters. The van der Waals surface area contributed by atoms with Crippen LogP contribution in [-0.2, 0) is 4.79 Å². The molecule has 1 aromatic carbocycles. The Morgan fingerprint density at radius 3 is 2.63 bits per heavy atom. The normalized spacial score (nSPS) is 10.5. The number of ether oxygens (including phenoxy) is 1. The van der Waals surface area contributed by atoms with E-state index in [4.69, 9.17) is 4.74 Å². The second-order valence-electron chi connectivity index (χ2n) is 5.01. The number of unbranched alkanes of at least 4 members (excludes halogenated alkanes) is 2. The van der Waals surface area contributed by atoms with Crippen LogP contribution < -0.4 is 4.74 Å². The maximum atomic E-state index is 11.9. The lowest BCUT2D eigenvalue weighted by Crippen LogP contribution is -2.09. The van der Waals surface area contributed by atoms with Gasteiger partial charge in [0.2, 0.25) is 0 Å². The minimum Gasteiger partial charge on any atom is -0.494 e. The van der Waals surface area contributed by atoms with Crippen LogP contribution in [0.3, 0.4) is 0 Å². The zero-order chi connectivity index (χ0) is 14.3. The van der Waals surface area contributed by atoms with E-state index in [1.54, 1.807) is 0 Å². The Morgan fingerprint density at radius 2 is 2.05 bits per heavy atom. The van der Waals surface area contributed by atoms with Crippen molar-refractivity contribution in [3.63, 3.8) is 0 Å². The Bertz CT molecular complexity index is 436. The molecule has 1 aromatic rings. The number of hydrogen-bond donors (Lipinski definition) is 0. The summed E-state index contributed by atoms with van der Waals surface area (Å²) in [5, 5.41) is 0. The zero-order valence-electron chi connectivity index (χ0n) is 11.9. The Balaban J connectivity index is 2.57. The third-order valence-corrected chi connectivity index (χ3v) is 2.97. The lowest BCUT2D eigenvalue weighted by molar-refractivity contribution is -0.107.